The lowest BCUT2D eigenvalue weighted by molar-refractivity contribution is 0.211. The van der Waals surface area contributed by atoms with Gasteiger partial charge in [0.2, 0.25) is 0 Å². The van der Waals surface area contributed by atoms with Crippen LogP contribution in [0.4, 0.5) is 0 Å². The zero-order valence-electron chi connectivity index (χ0n) is 5.81. The van der Waals surface area contributed by atoms with Crippen molar-refractivity contribution in [3.05, 3.63) is 0 Å². The molecule has 0 aliphatic heterocycles. The molecule has 0 rings (SSSR count). The first-order valence-corrected chi connectivity index (χ1v) is 3.00. The molecule has 2 heteroatoms. The van der Waals surface area contributed by atoms with E-state index in [0.717, 1.165) is 0 Å². The van der Waals surface area contributed by atoms with Crippen molar-refractivity contribution in [1.82, 2.24) is 5.32 Å². The summed E-state index contributed by atoms with van der Waals surface area (Å²) in [6, 6.07) is 0.417. The molecule has 0 bridgehead atoms. The molecule has 0 spiro atoms. The predicted molar refractivity (Wildman–Crippen MR) is 34.8 cm³/mol. The summed E-state index contributed by atoms with van der Waals surface area (Å²) in [5.41, 5.74) is 0. The Labute approximate surface area is 50.9 Å². The van der Waals surface area contributed by atoms with Crippen molar-refractivity contribution >= 4 is 0 Å². The van der Waals surface area contributed by atoms with Crippen LogP contribution in [0.25, 0.3) is 0 Å². The maximum absolute atomic E-state index is 8.60. The van der Waals surface area contributed by atoms with Crippen LogP contribution < -0.4 is 5.32 Å². The van der Waals surface area contributed by atoms with Gasteiger partial charge < -0.3 is 10.4 Å². The van der Waals surface area contributed by atoms with Crippen LogP contribution >= 0.6 is 0 Å². The SMILES string of the molecule is CN[C@H](C)C(C)CO. The van der Waals surface area contributed by atoms with Crippen LogP contribution in [0, 0.1) is 5.92 Å². The molecule has 2 atom stereocenters. The van der Waals surface area contributed by atoms with E-state index in [-0.39, 0.29) is 6.61 Å². The Morgan fingerprint density at radius 2 is 2.00 bits per heavy atom. The average Bonchev–Trinajstić information content (AvgIpc) is 1.84. The van der Waals surface area contributed by atoms with Crippen molar-refractivity contribution in [2.24, 2.45) is 5.92 Å². The van der Waals surface area contributed by atoms with Gasteiger partial charge in [0.05, 0.1) is 0 Å². The van der Waals surface area contributed by atoms with Crippen LogP contribution in [-0.4, -0.2) is 24.8 Å². The fraction of sp³-hybridized carbons (Fsp3) is 1.00. The Bertz CT molecular complexity index is 48.5. The van der Waals surface area contributed by atoms with Crippen molar-refractivity contribution in [2.75, 3.05) is 13.7 Å². The van der Waals surface area contributed by atoms with E-state index in [0.29, 0.717) is 12.0 Å². The molecular formula is C6H15NO. The highest BCUT2D eigenvalue weighted by Gasteiger charge is 2.06. The predicted octanol–water partition coefficient (Wildman–Crippen LogP) is 0.223. The standard InChI is InChI=1S/C6H15NO/c1-5(4-8)6(2)7-3/h5-8H,4H2,1-3H3/t5?,6-/m1/s1. The molecule has 0 aliphatic carbocycles. The first-order valence-electron chi connectivity index (χ1n) is 3.00. The quantitative estimate of drug-likeness (QED) is 0.554. The van der Waals surface area contributed by atoms with Crippen molar-refractivity contribution in [3.63, 3.8) is 0 Å². The van der Waals surface area contributed by atoms with E-state index in [1.807, 2.05) is 14.0 Å². The Kier molecular flexibility index (Phi) is 3.83. The van der Waals surface area contributed by atoms with Gasteiger partial charge in [0, 0.05) is 12.6 Å². The van der Waals surface area contributed by atoms with Crippen LogP contribution in [0.2, 0.25) is 0 Å². The van der Waals surface area contributed by atoms with Gasteiger partial charge in [-0.2, -0.15) is 0 Å². The summed E-state index contributed by atoms with van der Waals surface area (Å²) in [4.78, 5) is 0. The number of aliphatic hydroxyl groups excluding tert-OH is 1. The minimum absolute atomic E-state index is 0.266. The first kappa shape index (κ1) is 7.92. The number of nitrogens with one attached hydrogen (secondary N) is 1. The Hall–Kier alpha value is -0.0800. The van der Waals surface area contributed by atoms with Gasteiger partial charge in [0.15, 0.2) is 0 Å². The van der Waals surface area contributed by atoms with Gasteiger partial charge in [-0.1, -0.05) is 6.92 Å². The van der Waals surface area contributed by atoms with Gasteiger partial charge in [0.1, 0.15) is 0 Å². The topological polar surface area (TPSA) is 32.3 Å². The summed E-state index contributed by atoms with van der Waals surface area (Å²) < 4.78 is 0. The molecule has 0 saturated carbocycles. The van der Waals surface area contributed by atoms with Crippen molar-refractivity contribution < 1.29 is 5.11 Å². The van der Waals surface area contributed by atoms with Crippen LogP contribution in [0.15, 0.2) is 0 Å². The van der Waals surface area contributed by atoms with Gasteiger partial charge in [-0.3, -0.25) is 0 Å². The van der Waals surface area contributed by atoms with Crippen LogP contribution in [0.5, 0.6) is 0 Å². The highest BCUT2D eigenvalue weighted by atomic mass is 16.3. The molecule has 8 heavy (non-hydrogen) atoms. The maximum atomic E-state index is 8.60. The molecular weight excluding hydrogens is 102 g/mol. The third kappa shape index (κ3) is 2.28. The number of aliphatic hydroxyl groups is 1. The molecule has 0 radical (unpaired) electrons. The van der Waals surface area contributed by atoms with E-state index in [2.05, 4.69) is 12.2 Å². The molecule has 2 nitrogen and oxygen atoms in total. The molecule has 0 aliphatic rings. The van der Waals surface area contributed by atoms with Gasteiger partial charge in [-0.15, -0.1) is 0 Å². The van der Waals surface area contributed by atoms with Gasteiger partial charge in [0.25, 0.3) is 0 Å². The lowest BCUT2D eigenvalue weighted by Gasteiger charge is -2.15. The summed E-state index contributed by atoms with van der Waals surface area (Å²) in [5.74, 6) is 0.361. The average molecular weight is 117 g/mol. The first-order chi connectivity index (χ1) is 3.72. The summed E-state index contributed by atoms with van der Waals surface area (Å²) in [6.07, 6.45) is 0. The number of rotatable bonds is 3. The molecule has 0 aromatic rings. The maximum Gasteiger partial charge on any atom is 0.0471 e. The Morgan fingerprint density at radius 1 is 1.50 bits per heavy atom. The summed E-state index contributed by atoms with van der Waals surface area (Å²) in [5, 5.41) is 11.7. The van der Waals surface area contributed by atoms with Crippen molar-refractivity contribution in [2.45, 2.75) is 19.9 Å². The van der Waals surface area contributed by atoms with E-state index in [9.17, 15) is 0 Å². The minimum atomic E-state index is 0.266. The normalized spacial score (nSPS) is 18.0. The van der Waals surface area contributed by atoms with Crippen molar-refractivity contribution in [3.8, 4) is 0 Å². The summed E-state index contributed by atoms with van der Waals surface area (Å²) in [6.45, 7) is 4.34. The molecule has 0 aromatic carbocycles. The molecule has 0 fully saturated rings. The fourth-order valence-electron chi connectivity index (χ4n) is 0.443. The van der Waals surface area contributed by atoms with E-state index >= 15 is 0 Å². The smallest absolute Gasteiger partial charge is 0.0471 e. The second-order valence-electron chi connectivity index (χ2n) is 2.24. The monoisotopic (exact) mass is 117 g/mol. The second-order valence-corrected chi connectivity index (χ2v) is 2.24. The van der Waals surface area contributed by atoms with E-state index in [1.54, 1.807) is 0 Å². The van der Waals surface area contributed by atoms with Crippen LogP contribution in [-0.2, 0) is 0 Å². The molecule has 0 amide bonds. The fourth-order valence-corrected chi connectivity index (χ4v) is 0.443. The highest BCUT2D eigenvalue weighted by molar-refractivity contribution is 4.63. The molecule has 50 valence electrons. The Balaban J connectivity index is 3.29. The zero-order valence-corrected chi connectivity index (χ0v) is 5.81. The minimum Gasteiger partial charge on any atom is -0.396 e. The Morgan fingerprint density at radius 3 is 2.12 bits per heavy atom. The summed E-state index contributed by atoms with van der Waals surface area (Å²) >= 11 is 0. The lowest BCUT2D eigenvalue weighted by Crippen LogP contribution is -2.30. The van der Waals surface area contributed by atoms with Gasteiger partial charge in [-0.25, -0.2) is 0 Å². The third-order valence-corrected chi connectivity index (χ3v) is 1.60. The largest absolute Gasteiger partial charge is 0.396 e. The number of hydrogen-bond donors (Lipinski definition) is 2. The van der Waals surface area contributed by atoms with Gasteiger partial charge in [-0.05, 0) is 19.9 Å². The summed E-state index contributed by atoms with van der Waals surface area (Å²) in [7, 11) is 1.90. The third-order valence-electron chi connectivity index (χ3n) is 1.60. The van der Waals surface area contributed by atoms with Gasteiger partial charge >= 0.3 is 0 Å². The van der Waals surface area contributed by atoms with Crippen molar-refractivity contribution in [1.29, 1.82) is 0 Å². The molecule has 0 aromatic heterocycles. The second kappa shape index (κ2) is 3.87. The zero-order chi connectivity index (χ0) is 6.57. The van der Waals surface area contributed by atoms with Crippen LogP contribution in [0.1, 0.15) is 13.8 Å². The molecule has 0 heterocycles. The van der Waals surface area contributed by atoms with Crippen LogP contribution in [0.3, 0.4) is 0 Å². The van der Waals surface area contributed by atoms with E-state index in [1.165, 1.54) is 0 Å². The highest BCUT2D eigenvalue weighted by Crippen LogP contribution is 1.98. The molecule has 2 N–H and O–H groups in total. The van der Waals surface area contributed by atoms with E-state index in [4.69, 9.17) is 5.11 Å². The molecule has 0 saturated heterocycles. The van der Waals surface area contributed by atoms with E-state index < -0.39 is 0 Å². The lowest BCUT2D eigenvalue weighted by atomic mass is 10.1. The molecule has 1 unspecified atom stereocenters. The number of hydrogen-bond acceptors (Lipinski definition) is 2.